The minimum Gasteiger partial charge on any atom is -0.294 e. The minimum absolute atomic E-state index is 0.214. The maximum absolute atomic E-state index is 12.2. The van der Waals surface area contributed by atoms with Crippen LogP contribution in [0.25, 0.3) is 0 Å². The largest absolute Gasteiger partial charge is 0.294 e. The van der Waals surface area contributed by atoms with Crippen LogP contribution in [0.15, 0.2) is 18.2 Å². The molecule has 0 heterocycles. The van der Waals surface area contributed by atoms with Gasteiger partial charge in [0.05, 0.1) is 5.02 Å². The molecule has 17 heavy (non-hydrogen) atoms. The zero-order valence-corrected chi connectivity index (χ0v) is 11.1. The lowest BCUT2D eigenvalue weighted by molar-refractivity contribution is 0.0950. The Morgan fingerprint density at radius 2 is 2.00 bits per heavy atom. The number of carbonyl (C=O) groups is 1. The maximum atomic E-state index is 12.2. The smallest absolute Gasteiger partial charge is 0.164 e. The molecule has 0 N–H and O–H groups in total. The molecule has 0 bridgehead atoms. The number of rotatable bonds is 3. The lowest BCUT2D eigenvalue weighted by atomic mass is 9.84. The quantitative estimate of drug-likeness (QED) is 0.704. The molecule has 0 amide bonds. The van der Waals surface area contributed by atoms with Crippen molar-refractivity contribution < 1.29 is 4.79 Å². The van der Waals surface area contributed by atoms with E-state index in [9.17, 15) is 4.79 Å². The third-order valence-electron chi connectivity index (χ3n) is 3.69. The summed E-state index contributed by atoms with van der Waals surface area (Å²) < 4.78 is 0. The summed E-state index contributed by atoms with van der Waals surface area (Å²) in [5, 5.41) is 0.633. The predicted molar refractivity (Wildman–Crippen MR) is 71.7 cm³/mol. The molecule has 0 spiro atoms. The molecule has 0 atom stereocenters. The van der Waals surface area contributed by atoms with Gasteiger partial charge in [0.15, 0.2) is 5.78 Å². The number of Topliss-reactive ketones (excluding diaryl/α,β-unsaturated/α-hetero) is 1. The standard InChI is InChI=1S/C15H19ClO/c1-11-6-5-9-13(15(11)16)14(17)10-12-7-3-2-4-8-12/h5-6,9,12H,2-4,7-8,10H2,1H3. The molecular weight excluding hydrogens is 232 g/mol. The number of hydrogen-bond acceptors (Lipinski definition) is 1. The molecule has 0 saturated heterocycles. The SMILES string of the molecule is Cc1cccc(C(=O)CC2CCCCC2)c1Cl. The number of aryl methyl sites for hydroxylation is 1. The van der Waals surface area contributed by atoms with Gasteiger partial charge in [-0.1, -0.05) is 55.8 Å². The van der Waals surface area contributed by atoms with E-state index in [0.717, 1.165) is 5.56 Å². The molecule has 0 unspecified atom stereocenters. The Morgan fingerprint density at radius 1 is 1.29 bits per heavy atom. The summed E-state index contributed by atoms with van der Waals surface area (Å²) in [6, 6.07) is 5.70. The average Bonchev–Trinajstić information content (AvgIpc) is 2.34. The molecule has 1 saturated carbocycles. The molecule has 2 heteroatoms. The van der Waals surface area contributed by atoms with Crippen LogP contribution in [0.2, 0.25) is 5.02 Å². The third-order valence-corrected chi connectivity index (χ3v) is 4.19. The highest BCUT2D eigenvalue weighted by Crippen LogP contribution is 2.29. The van der Waals surface area contributed by atoms with Crippen LogP contribution in [-0.4, -0.2) is 5.78 Å². The highest BCUT2D eigenvalue weighted by molar-refractivity contribution is 6.34. The van der Waals surface area contributed by atoms with Crippen LogP contribution in [0.4, 0.5) is 0 Å². The zero-order chi connectivity index (χ0) is 12.3. The second-order valence-electron chi connectivity index (χ2n) is 5.07. The van der Waals surface area contributed by atoms with Crippen LogP contribution in [0.3, 0.4) is 0 Å². The van der Waals surface area contributed by atoms with Gasteiger partial charge in [0.25, 0.3) is 0 Å². The molecule has 0 aromatic heterocycles. The van der Waals surface area contributed by atoms with Gasteiger partial charge in [-0.15, -0.1) is 0 Å². The summed E-state index contributed by atoms with van der Waals surface area (Å²) in [6.07, 6.45) is 6.96. The van der Waals surface area contributed by atoms with Crippen molar-refractivity contribution in [2.24, 2.45) is 5.92 Å². The molecule has 2 rings (SSSR count). The Bertz CT molecular complexity index is 405. The van der Waals surface area contributed by atoms with Crippen molar-refractivity contribution in [1.82, 2.24) is 0 Å². The monoisotopic (exact) mass is 250 g/mol. The second kappa shape index (κ2) is 5.68. The van der Waals surface area contributed by atoms with E-state index in [1.807, 2.05) is 25.1 Å². The number of halogens is 1. The van der Waals surface area contributed by atoms with Crippen LogP contribution in [0.1, 0.15) is 54.4 Å². The van der Waals surface area contributed by atoms with E-state index >= 15 is 0 Å². The highest BCUT2D eigenvalue weighted by atomic mass is 35.5. The van der Waals surface area contributed by atoms with Gasteiger partial charge in [-0.25, -0.2) is 0 Å². The Hall–Kier alpha value is -0.820. The number of hydrogen-bond donors (Lipinski definition) is 0. The van der Waals surface area contributed by atoms with Gasteiger partial charge < -0.3 is 0 Å². The number of ketones is 1. The van der Waals surface area contributed by atoms with E-state index in [-0.39, 0.29) is 5.78 Å². The molecule has 92 valence electrons. The van der Waals surface area contributed by atoms with Gasteiger partial charge in [0.1, 0.15) is 0 Å². The van der Waals surface area contributed by atoms with Crippen LogP contribution in [0.5, 0.6) is 0 Å². The van der Waals surface area contributed by atoms with Gasteiger partial charge in [-0.3, -0.25) is 4.79 Å². The number of benzene rings is 1. The lowest BCUT2D eigenvalue weighted by Crippen LogP contribution is -2.12. The molecule has 0 aliphatic heterocycles. The van der Waals surface area contributed by atoms with Gasteiger partial charge in [0.2, 0.25) is 0 Å². The molecule has 1 nitrogen and oxygen atoms in total. The number of carbonyl (C=O) groups excluding carboxylic acids is 1. The van der Waals surface area contributed by atoms with Gasteiger partial charge in [-0.2, -0.15) is 0 Å². The Balaban J connectivity index is 2.06. The molecule has 1 fully saturated rings. The van der Waals surface area contributed by atoms with Crippen LogP contribution in [-0.2, 0) is 0 Å². The predicted octanol–water partition coefficient (Wildman–Crippen LogP) is 4.80. The summed E-state index contributed by atoms with van der Waals surface area (Å²) in [6.45, 7) is 1.94. The van der Waals surface area contributed by atoms with Crippen molar-refractivity contribution >= 4 is 17.4 Å². The summed E-state index contributed by atoms with van der Waals surface area (Å²) in [5.41, 5.74) is 1.69. The van der Waals surface area contributed by atoms with Crippen LogP contribution in [0, 0.1) is 12.8 Å². The van der Waals surface area contributed by atoms with Gasteiger partial charge in [0, 0.05) is 12.0 Å². The minimum atomic E-state index is 0.214. The summed E-state index contributed by atoms with van der Waals surface area (Å²) in [4.78, 5) is 12.2. The first-order valence-electron chi connectivity index (χ1n) is 6.47. The normalized spacial score (nSPS) is 17.1. The fourth-order valence-corrected chi connectivity index (χ4v) is 2.86. The molecule has 1 aliphatic rings. The summed E-state index contributed by atoms with van der Waals surface area (Å²) >= 11 is 6.18. The molecule has 1 aromatic rings. The first-order chi connectivity index (χ1) is 8.18. The first-order valence-corrected chi connectivity index (χ1v) is 6.84. The molecule has 1 aliphatic carbocycles. The van der Waals surface area contributed by atoms with E-state index in [2.05, 4.69) is 0 Å². The third kappa shape index (κ3) is 3.10. The summed E-state index contributed by atoms with van der Waals surface area (Å²) in [5.74, 6) is 0.790. The highest BCUT2D eigenvalue weighted by Gasteiger charge is 2.19. The van der Waals surface area contributed by atoms with Crippen LogP contribution >= 0.6 is 11.6 Å². The first kappa shape index (κ1) is 12.6. The topological polar surface area (TPSA) is 17.1 Å². The van der Waals surface area contributed by atoms with Crippen molar-refractivity contribution in [3.63, 3.8) is 0 Å². The Labute approximate surface area is 108 Å². The molecule has 0 radical (unpaired) electrons. The van der Waals surface area contributed by atoms with E-state index in [0.29, 0.717) is 22.9 Å². The van der Waals surface area contributed by atoms with Crippen molar-refractivity contribution in [3.8, 4) is 0 Å². The van der Waals surface area contributed by atoms with Gasteiger partial charge >= 0.3 is 0 Å². The summed E-state index contributed by atoms with van der Waals surface area (Å²) in [7, 11) is 0. The van der Waals surface area contributed by atoms with Crippen LogP contribution < -0.4 is 0 Å². The van der Waals surface area contributed by atoms with Crippen molar-refractivity contribution in [2.75, 3.05) is 0 Å². The molecular formula is C15H19ClO. The lowest BCUT2D eigenvalue weighted by Gasteiger charge is -2.20. The van der Waals surface area contributed by atoms with E-state index in [1.165, 1.54) is 32.1 Å². The van der Waals surface area contributed by atoms with Crippen molar-refractivity contribution in [1.29, 1.82) is 0 Å². The maximum Gasteiger partial charge on any atom is 0.164 e. The van der Waals surface area contributed by atoms with Crippen molar-refractivity contribution in [2.45, 2.75) is 45.4 Å². The van der Waals surface area contributed by atoms with E-state index in [4.69, 9.17) is 11.6 Å². The van der Waals surface area contributed by atoms with E-state index in [1.54, 1.807) is 0 Å². The Morgan fingerprint density at radius 3 is 2.71 bits per heavy atom. The fraction of sp³-hybridized carbons (Fsp3) is 0.533. The second-order valence-corrected chi connectivity index (χ2v) is 5.45. The van der Waals surface area contributed by atoms with Gasteiger partial charge in [-0.05, 0) is 24.5 Å². The average molecular weight is 251 g/mol. The Kier molecular flexibility index (Phi) is 4.22. The fourth-order valence-electron chi connectivity index (χ4n) is 2.63. The zero-order valence-electron chi connectivity index (χ0n) is 10.3. The van der Waals surface area contributed by atoms with Crippen molar-refractivity contribution in [3.05, 3.63) is 34.3 Å². The molecule has 1 aromatic carbocycles. The van der Waals surface area contributed by atoms with E-state index < -0.39 is 0 Å².